The zero-order valence-corrected chi connectivity index (χ0v) is 21.7. The monoisotopic (exact) mass is 437 g/mol. The third-order valence-corrected chi connectivity index (χ3v) is 11.9. The Bertz CT molecular complexity index is 332. The summed E-state index contributed by atoms with van der Waals surface area (Å²) in [4.78, 5) is 0. The normalized spacial score (nSPS) is 12.9. The van der Waals surface area contributed by atoms with E-state index in [0.717, 1.165) is 38.0 Å². The van der Waals surface area contributed by atoms with Gasteiger partial charge in [0.25, 0.3) is 0 Å². The molecule has 0 aromatic heterocycles. The van der Waals surface area contributed by atoms with Crippen molar-refractivity contribution in [2.24, 2.45) is 0 Å². The molecule has 0 heterocycles. The van der Waals surface area contributed by atoms with Crippen molar-refractivity contribution in [3.05, 3.63) is 0 Å². The number of hydrogen-bond acceptors (Lipinski definition) is 6. The quantitative estimate of drug-likeness (QED) is 0.251. The van der Waals surface area contributed by atoms with Crippen LogP contribution in [0.2, 0.25) is 12.1 Å². The van der Waals surface area contributed by atoms with Crippen LogP contribution < -0.4 is 0 Å². The fourth-order valence-corrected chi connectivity index (χ4v) is 10.9. The lowest BCUT2D eigenvalue weighted by atomic mass is 10.3. The standard InChI is InChI=1S/C20H47NO5Si2/c1-8-15-17-21(18-16-9-2)27(22-10-3,23-11-4)19-20-28(24-12-5,25-13-6)26-14-7/h8-20H2,1-7H3. The minimum atomic E-state index is -2.72. The molecule has 8 heteroatoms. The van der Waals surface area contributed by atoms with Crippen LogP contribution in [0.5, 0.6) is 0 Å². The van der Waals surface area contributed by atoms with Gasteiger partial charge in [0.05, 0.1) is 0 Å². The molecule has 0 saturated carbocycles. The van der Waals surface area contributed by atoms with Gasteiger partial charge in [-0.2, -0.15) is 0 Å². The second kappa shape index (κ2) is 16.9. The zero-order valence-electron chi connectivity index (χ0n) is 19.7. The first-order valence-electron chi connectivity index (χ1n) is 11.5. The van der Waals surface area contributed by atoms with Crippen molar-refractivity contribution in [2.75, 3.05) is 46.1 Å². The Morgan fingerprint density at radius 2 is 0.929 bits per heavy atom. The van der Waals surface area contributed by atoms with Gasteiger partial charge < -0.3 is 22.1 Å². The summed E-state index contributed by atoms with van der Waals surface area (Å²) in [5, 5.41) is 0. The molecule has 0 aromatic carbocycles. The molecule has 0 fully saturated rings. The Balaban J connectivity index is 5.67. The molecule has 6 nitrogen and oxygen atoms in total. The molecule has 28 heavy (non-hydrogen) atoms. The third kappa shape index (κ3) is 9.80. The number of hydrogen-bond donors (Lipinski definition) is 0. The van der Waals surface area contributed by atoms with E-state index in [4.69, 9.17) is 22.1 Å². The minimum Gasteiger partial charge on any atom is -0.383 e. The van der Waals surface area contributed by atoms with Gasteiger partial charge in [0.15, 0.2) is 0 Å². The largest absolute Gasteiger partial charge is 0.500 e. The maximum Gasteiger partial charge on any atom is 0.500 e. The molecule has 0 aliphatic carbocycles. The van der Waals surface area contributed by atoms with Gasteiger partial charge in [-0.1, -0.05) is 26.7 Å². The molecular weight excluding hydrogens is 390 g/mol. The minimum absolute atomic E-state index is 0.597. The summed E-state index contributed by atoms with van der Waals surface area (Å²) in [5.74, 6) is 0. The lowest BCUT2D eigenvalue weighted by molar-refractivity contribution is 0.0688. The van der Waals surface area contributed by atoms with Gasteiger partial charge in [-0.25, -0.2) is 0 Å². The number of unbranched alkanes of at least 4 members (excludes halogenated alkanes) is 2. The first-order valence-corrected chi connectivity index (χ1v) is 15.4. The van der Waals surface area contributed by atoms with E-state index < -0.39 is 17.5 Å². The van der Waals surface area contributed by atoms with Gasteiger partial charge in [-0.3, -0.25) is 4.57 Å². The molecule has 170 valence electrons. The van der Waals surface area contributed by atoms with Crippen molar-refractivity contribution in [1.82, 2.24) is 4.57 Å². The lowest BCUT2D eigenvalue weighted by Crippen LogP contribution is -2.60. The second-order valence-electron chi connectivity index (χ2n) is 6.75. The lowest BCUT2D eigenvalue weighted by Gasteiger charge is -2.41. The van der Waals surface area contributed by atoms with Crippen molar-refractivity contribution < 1.29 is 22.1 Å². The van der Waals surface area contributed by atoms with Crippen molar-refractivity contribution in [3.63, 3.8) is 0 Å². The highest BCUT2D eigenvalue weighted by Crippen LogP contribution is 2.28. The van der Waals surface area contributed by atoms with Gasteiger partial charge >= 0.3 is 17.5 Å². The Morgan fingerprint density at radius 3 is 1.25 bits per heavy atom. The van der Waals surface area contributed by atoms with E-state index in [1.54, 1.807) is 0 Å². The van der Waals surface area contributed by atoms with E-state index in [1.165, 1.54) is 12.8 Å². The maximum atomic E-state index is 6.45. The molecule has 0 spiro atoms. The predicted molar refractivity (Wildman–Crippen MR) is 121 cm³/mol. The summed E-state index contributed by atoms with van der Waals surface area (Å²) in [5.41, 5.74) is 0. The van der Waals surface area contributed by atoms with E-state index in [1.807, 2.05) is 20.8 Å². The Morgan fingerprint density at radius 1 is 0.536 bits per heavy atom. The summed E-state index contributed by atoms with van der Waals surface area (Å²) < 4.78 is 33.7. The highest BCUT2D eigenvalue weighted by Gasteiger charge is 2.50. The summed E-state index contributed by atoms with van der Waals surface area (Å²) >= 11 is 0. The second-order valence-corrected chi connectivity index (χ2v) is 12.6. The average molecular weight is 438 g/mol. The summed E-state index contributed by atoms with van der Waals surface area (Å²) in [7, 11) is -5.29. The molecule has 0 rings (SSSR count). The van der Waals surface area contributed by atoms with Gasteiger partial charge in [0, 0.05) is 45.1 Å². The van der Waals surface area contributed by atoms with E-state index in [2.05, 4.69) is 32.3 Å². The molecule has 0 radical (unpaired) electrons. The third-order valence-electron chi connectivity index (χ3n) is 4.62. The Kier molecular flexibility index (Phi) is 17.1. The van der Waals surface area contributed by atoms with Crippen LogP contribution >= 0.6 is 0 Å². The average Bonchev–Trinajstić information content (AvgIpc) is 2.67. The highest BCUT2D eigenvalue weighted by molar-refractivity contribution is 6.68. The molecule has 0 aliphatic heterocycles. The summed E-state index contributed by atoms with van der Waals surface area (Å²) in [6.45, 7) is 19.8. The van der Waals surface area contributed by atoms with Crippen LogP contribution in [0.4, 0.5) is 0 Å². The molecular formula is C20H47NO5Si2. The van der Waals surface area contributed by atoms with Crippen LogP contribution in [0, 0.1) is 0 Å². The SMILES string of the molecule is CCCCN(CCCC)[Si](CC[Si](OCC)(OCC)OCC)(OCC)OCC. The Labute approximate surface area is 176 Å². The van der Waals surface area contributed by atoms with E-state index in [-0.39, 0.29) is 0 Å². The van der Waals surface area contributed by atoms with E-state index in [9.17, 15) is 0 Å². The molecule has 0 N–H and O–H groups in total. The fourth-order valence-electron chi connectivity index (χ4n) is 3.44. The van der Waals surface area contributed by atoms with E-state index in [0.29, 0.717) is 33.0 Å². The van der Waals surface area contributed by atoms with Crippen LogP contribution in [0.25, 0.3) is 0 Å². The van der Waals surface area contributed by atoms with Gasteiger partial charge in [-0.15, -0.1) is 0 Å². The van der Waals surface area contributed by atoms with Crippen LogP contribution in [0.3, 0.4) is 0 Å². The van der Waals surface area contributed by atoms with Crippen LogP contribution in [-0.2, 0) is 22.1 Å². The van der Waals surface area contributed by atoms with Gasteiger partial charge in [-0.05, 0) is 60.5 Å². The predicted octanol–water partition coefficient (Wildman–Crippen LogP) is 4.95. The van der Waals surface area contributed by atoms with Gasteiger partial charge in [0.2, 0.25) is 0 Å². The van der Waals surface area contributed by atoms with Crippen LogP contribution in [0.15, 0.2) is 0 Å². The van der Waals surface area contributed by atoms with Crippen molar-refractivity contribution in [2.45, 2.75) is 86.2 Å². The van der Waals surface area contributed by atoms with Crippen molar-refractivity contribution in [1.29, 1.82) is 0 Å². The van der Waals surface area contributed by atoms with Crippen LogP contribution in [-0.4, -0.2) is 68.2 Å². The summed E-state index contributed by atoms with van der Waals surface area (Å²) in [6, 6.07) is 1.55. The zero-order chi connectivity index (χ0) is 21.3. The topological polar surface area (TPSA) is 49.4 Å². The number of nitrogens with zero attached hydrogens (tertiary/aromatic N) is 1. The number of rotatable bonds is 20. The molecule has 0 aromatic rings. The first-order chi connectivity index (χ1) is 13.5. The maximum absolute atomic E-state index is 6.45. The smallest absolute Gasteiger partial charge is 0.383 e. The summed E-state index contributed by atoms with van der Waals surface area (Å²) in [6.07, 6.45) is 4.65. The fraction of sp³-hybridized carbons (Fsp3) is 1.00. The van der Waals surface area contributed by atoms with Gasteiger partial charge in [0.1, 0.15) is 0 Å². The van der Waals surface area contributed by atoms with Crippen molar-refractivity contribution in [3.8, 4) is 0 Å². The molecule has 0 unspecified atom stereocenters. The molecule has 0 aliphatic rings. The molecule has 0 atom stereocenters. The molecule has 0 saturated heterocycles. The first kappa shape index (κ1) is 28.2. The highest BCUT2D eigenvalue weighted by atomic mass is 28.4. The van der Waals surface area contributed by atoms with Crippen LogP contribution in [0.1, 0.15) is 74.1 Å². The van der Waals surface area contributed by atoms with Crippen molar-refractivity contribution >= 4 is 17.5 Å². The molecule has 0 amide bonds. The van der Waals surface area contributed by atoms with E-state index >= 15 is 0 Å². The Hall–Kier alpha value is 0.194. The molecule has 0 bridgehead atoms.